The molecule has 2 aliphatic rings. The van der Waals surface area contributed by atoms with Crippen molar-refractivity contribution in [2.24, 2.45) is 0 Å². The van der Waals surface area contributed by atoms with E-state index in [1.54, 1.807) is 0 Å². The summed E-state index contributed by atoms with van der Waals surface area (Å²) in [7, 11) is 0. The monoisotopic (exact) mass is 200 g/mol. The Bertz CT molecular complexity index is 204. The average Bonchev–Trinajstić information content (AvgIpc) is 2.04. The lowest BCUT2D eigenvalue weighted by Crippen LogP contribution is -2.71. The summed E-state index contributed by atoms with van der Waals surface area (Å²) >= 11 is 0. The number of hydrogen-bond acceptors (Lipinski definition) is 4. The van der Waals surface area contributed by atoms with Gasteiger partial charge in [-0.2, -0.15) is 0 Å². The third kappa shape index (κ3) is 2.08. The summed E-state index contributed by atoms with van der Waals surface area (Å²) in [5.74, 6) is 0. The van der Waals surface area contributed by atoms with Gasteiger partial charge in [-0.15, -0.1) is 0 Å². The van der Waals surface area contributed by atoms with E-state index in [0.29, 0.717) is 13.2 Å². The number of rotatable bonds is 0. The predicted octanol–water partition coefficient (Wildman–Crippen LogP) is 0.435. The Morgan fingerprint density at radius 1 is 0.857 bits per heavy atom. The molecule has 82 valence electrons. The number of fused-ring (bicyclic) bond motifs is 1. The standard InChI is InChI=1S/C10H20N2O2/c1-9(2)5-13-8-7(11-9)14-6-10(3,4)12-8/h7-8,11-12H,5-6H2,1-4H3/t7-,8+. The van der Waals surface area contributed by atoms with Gasteiger partial charge in [-0.1, -0.05) is 0 Å². The van der Waals surface area contributed by atoms with Gasteiger partial charge in [0.25, 0.3) is 0 Å². The van der Waals surface area contributed by atoms with E-state index in [-0.39, 0.29) is 23.5 Å². The van der Waals surface area contributed by atoms with Crippen LogP contribution in [-0.4, -0.2) is 36.7 Å². The Labute approximate surface area is 85.3 Å². The van der Waals surface area contributed by atoms with E-state index in [0.717, 1.165) is 0 Å². The van der Waals surface area contributed by atoms with Crippen molar-refractivity contribution in [3.05, 3.63) is 0 Å². The molecule has 0 unspecified atom stereocenters. The lowest BCUT2D eigenvalue weighted by molar-refractivity contribution is -0.202. The second-order valence-corrected chi connectivity index (χ2v) is 5.52. The van der Waals surface area contributed by atoms with Crippen molar-refractivity contribution >= 4 is 0 Å². The summed E-state index contributed by atoms with van der Waals surface area (Å²) in [6, 6.07) is 0. The van der Waals surface area contributed by atoms with Crippen LogP contribution in [0.25, 0.3) is 0 Å². The molecule has 0 spiro atoms. The van der Waals surface area contributed by atoms with Crippen LogP contribution in [0.5, 0.6) is 0 Å². The lowest BCUT2D eigenvalue weighted by atomic mass is 10.0. The van der Waals surface area contributed by atoms with Gasteiger partial charge in [0.2, 0.25) is 0 Å². The van der Waals surface area contributed by atoms with Crippen LogP contribution in [0.15, 0.2) is 0 Å². The molecule has 0 amide bonds. The molecule has 2 saturated heterocycles. The van der Waals surface area contributed by atoms with Crippen LogP contribution < -0.4 is 10.6 Å². The number of morpholine rings is 2. The van der Waals surface area contributed by atoms with Crippen molar-refractivity contribution in [3.8, 4) is 0 Å². The highest BCUT2D eigenvalue weighted by Gasteiger charge is 2.41. The molecule has 2 aliphatic heterocycles. The molecule has 0 aromatic heterocycles. The summed E-state index contributed by atoms with van der Waals surface area (Å²) in [5, 5.41) is 6.85. The van der Waals surface area contributed by atoms with Crippen molar-refractivity contribution in [2.75, 3.05) is 13.2 Å². The maximum absolute atomic E-state index is 5.73. The smallest absolute Gasteiger partial charge is 0.148 e. The van der Waals surface area contributed by atoms with Gasteiger partial charge in [0, 0.05) is 11.1 Å². The van der Waals surface area contributed by atoms with Crippen molar-refractivity contribution in [2.45, 2.75) is 51.2 Å². The fourth-order valence-electron chi connectivity index (χ4n) is 1.86. The van der Waals surface area contributed by atoms with Crippen LogP contribution in [0.4, 0.5) is 0 Å². The van der Waals surface area contributed by atoms with Crippen LogP contribution in [0, 0.1) is 0 Å². The van der Waals surface area contributed by atoms with E-state index in [4.69, 9.17) is 9.47 Å². The molecule has 4 nitrogen and oxygen atoms in total. The van der Waals surface area contributed by atoms with Gasteiger partial charge >= 0.3 is 0 Å². The van der Waals surface area contributed by atoms with Gasteiger partial charge in [0.15, 0.2) is 0 Å². The second-order valence-electron chi connectivity index (χ2n) is 5.52. The molecule has 0 bridgehead atoms. The first-order valence-corrected chi connectivity index (χ1v) is 5.17. The molecule has 2 N–H and O–H groups in total. The van der Waals surface area contributed by atoms with Crippen LogP contribution >= 0.6 is 0 Å². The van der Waals surface area contributed by atoms with Crippen molar-refractivity contribution < 1.29 is 9.47 Å². The predicted molar refractivity (Wildman–Crippen MR) is 53.9 cm³/mol. The van der Waals surface area contributed by atoms with E-state index in [1.807, 2.05) is 0 Å². The lowest BCUT2D eigenvalue weighted by Gasteiger charge is -2.48. The fourth-order valence-corrected chi connectivity index (χ4v) is 1.86. The highest BCUT2D eigenvalue weighted by Crippen LogP contribution is 2.22. The SMILES string of the molecule is CC1(C)CO[C@@H]2NC(C)(C)CO[C@H]2N1. The Morgan fingerprint density at radius 2 is 1.21 bits per heavy atom. The van der Waals surface area contributed by atoms with Crippen LogP contribution in [0.1, 0.15) is 27.7 Å². The van der Waals surface area contributed by atoms with E-state index in [2.05, 4.69) is 38.3 Å². The molecule has 2 atom stereocenters. The minimum absolute atomic E-state index is 0.00430. The molecule has 4 heteroatoms. The summed E-state index contributed by atoms with van der Waals surface area (Å²) in [6.45, 7) is 9.89. The summed E-state index contributed by atoms with van der Waals surface area (Å²) in [6.07, 6.45) is -0.0430. The molecule has 0 aromatic rings. The summed E-state index contributed by atoms with van der Waals surface area (Å²) in [5.41, 5.74) is 0.00859. The van der Waals surface area contributed by atoms with Gasteiger partial charge in [0.1, 0.15) is 12.5 Å². The molecular formula is C10H20N2O2. The van der Waals surface area contributed by atoms with Crippen molar-refractivity contribution in [1.29, 1.82) is 0 Å². The first-order valence-electron chi connectivity index (χ1n) is 5.17. The molecule has 2 heterocycles. The minimum atomic E-state index is -0.0215. The minimum Gasteiger partial charge on any atom is -0.357 e. The summed E-state index contributed by atoms with van der Waals surface area (Å²) in [4.78, 5) is 0. The second kappa shape index (κ2) is 3.17. The van der Waals surface area contributed by atoms with Gasteiger partial charge < -0.3 is 9.47 Å². The Morgan fingerprint density at radius 3 is 1.57 bits per heavy atom. The van der Waals surface area contributed by atoms with Crippen LogP contribution in [-0.2, 0) is 9.47 Å². The molecule has 0 aromatic carbocycles. The largest absolute Gasteiger partial charge is 0.357 e. The van der Waals surface area contributed by atoms with Crippen molar-refractivity contribution in [1.82, 2.24) is 10.6 Å². The van der Waals surface area contributed by atoms with Crippen LogP contribution in [0.3, 0.4) is 0 Å². The van der Waals surface area contributed by atoms with E-state index in [1.165, 1.54) is 0 Å². The summed E-state index contributed by atoms with van der Waals surface area (Å²) < 4.78 is 11.5. The molecule has 14 heavy (non-hydrogen) atoms. The van der Waals surface area contributed by atoms with Crippen molar-refractivity contribution in [3.63, 3.8) is 0 Å². The normalized spacial score (nSPS) is 40.3. The Balaban J connectivity index is 2.01. The van der Waals surface area contributed by atoms with Gasteiger partial charge in [-0.3, -0.25) is 10.6 Å². The first-order chi connectivity index (χ1) is 6.38. The molecule has 2 rings (SSSR count). The third-order valence-corrected chi connectivity index (χ3v) is 2.59. The van der Waals surface area contributed by atoms with Gasteiger partial charge in [-0.25, -0.2) is 0 Å². The highest BCUT2D eigenvalue weighted by atomic mass is 16.6. The quantitative estimate of drug-likeness (QED) is 0.595. The van der Waals surface area contributed by atoms with Gasteiger partial charge in [-0.05, 0) is 27.7 Å². The Hall–Kier alpha value is -0.160. The van der Waals surface area contributed by atoms with E-state index < -0.39 is 0 Å². The van der Waals surface area contributed by atoms with E-state index in [9.17, 15) is 0 Å². The molecule has 2 fully saturated rings. The molecule has 0 radical (unpaired) electrons. The first kappa shape index (κ1) is 10.4. The topological polar surface area (TPSA) is 42.5 Å². The molecular weight excluding hydrogens is 180 g/mol. The van der Waals surface area contributed by atoms with Gasteiger partial charge in [0.05, 0.1) is 13.2 Å². The maximum atomic E-state index is 5.73. The number of hydrogen-bond donors (Lipinski definition) is 2. The maximum Gasteiger partial charge on any atom is 0.148 e. The fraction of sp³-hybridized carbons (Fsp3) is 1.00. The number of ether oxygens (including phenoxy) is 2. The third-order valence-electron chi connectivity index (χ3n) is 2.59. The van der Waals surface area contributed by atoms with Crippen LogP contribution in [0.2, 0.25) is 0 Å². The zero-order valence-corrected chi connectivity index (χ0v) is 9.39. The Kier molecular flexibility index (Phi) is 2.34. The number of nitrogens with one attached hydrogen (secondary N) is 2. The highest BCUT2D eigenvalue weighted by molar-refractivity contribution is 4.93. The molecule has 0 saturated carbocycles. The molecule has 0 aliphatic carbocycles. The van der Waals surface area contributed by atoms with E-state index >= 15 is 0 Å². The zero-order valence-electron chi connectivity index (χ0n) is 9.39. The zero-order chi connectivity index (χ0) is 10.4. The average molecular weight is 200 g/mol.